The van der Waals surface area contributed by atoms with E-state index in [0.29, 0.717) is 12.0 Å². The van der Waals surface area contributed by atoms with Crippen LogP contribution in [-0.4, -0.2) is 20.2 Å². The van der Waals surface area contributed by atoms with E-state index in [-0.39, 0.29) is 0 Å². The first-order valence-corrected chi connectivity index (χ1v) is 6.05. The maximum atomic E-state index is 5.88. The molecule has 0 aliphatic heterocycles. The fourth-order valence-corrected chi connectivity index (χ4v) is 1.64. The summed E-state index contributed by atoms with van der Waals surface area (Å²) < 4.78 is 5.88. The van der Waals surface area contributed by atoms with Gasteiger partial charge in [-0.15, -0.1) is 0 Å². The molecule has 1 fully saturated rings. The largest absolute Gasteiger partial charge is 0.490 e. The summed E-state index contributed by atoms with van der Waals surface area (Å²) in [6.45, 7) is 4.44. The van der Waals surface area contributed by atoms with Crippen LogP contribution in [0.3, 0.4) is 0 Å². The van der Waals surface area contributed by atoms with Crippen molar-refractivity contribution >= 4 is 5.69 Å². The quantitative estimate of drug-likeness (QED) is 0.769. The molecule has 88 valence electrons. The topological polar surface area (TPSA) is 12.5 Å². The normalized spacial score (nSPS) is 15.3. The zero-order valence-corrected chi connectivity index (χ0v) is 10.7. The van der Waals surface area contributed by atoms with Gasteiger partial charge in [0, 0.05) is 25.8 Å². The molecule has 0 heterocycles. The van der Waals surface area contributed by atoms with Gasteiger partial charge in [-0.3, -0.25) is 0 Å². The lowest BCUT2D eigenvalue weighted by atomic mass is 10.0. The van der Waals surface area contributed by atoms with E-state index in [0.717, 1.165) is 5.75 Å². The third-order valence-electron chi connectivity index (χ3n) is 2.92. The molecule has 0 amide bonds. The maximum absolute atomic E-state index is 5.88. The highest BCUT2D eigenvalue weighted by molar-refractivity contribution is 5.53. The van der Waals surface area contributed by atoms with Gasteiger partial charge in [0.15, 0.2) is 0 Å². The molecule has 0 radical (unpaired) electrons. The molecule has 0 spiro atoms. The zero-order valence-electron chi connectivity index (χ0n) is 10.7. The van der Waals surface area contributed by atoms with Crippen LogP contribution in [0.25, 0.3) is 0 Å². The zero-order chi connectivity index (χ0) is 11.7. The van der Waals surface area contributed by atoms with Gasteiger partial charge in [-0.25, -0.2) is 0 Å². The van der Waals surface area contributed by atoms with Gasteiger partial charge >= 0.3 is 0 Å². The Morgan fingerprint density at radius 3 is 2.38 bits per heavy atom. The lowest BCUT2D eigenvalue weighted by Crippen LogP contribution is -2.10. The highest BCUT2D eigenvalue weighted by Gasteiger charge is 2.23. The highest BCUT2D eigenvalue weighted by atomic mass is 16.5. The third kappa shape index (κ3) is 2.69. The number of benzene rings is 1. The molecule has 0 aromatic heterocycles. The van der Waals surface area contributed by atoms with E-state index in [1.165, 1.54) is 24.1 Å². The minimum atomic E-state index is 0.470. The first kappa shape index (κ1) is 11.3. The first-order valence-electron chi connectivity index (χ1n) is 6.05. The van der Waals surface area contributed by atoms with Gasteiger partial charge in [0.25, 0.3) is 0 Å². The van der Waals surface area contributed by atoms with Crippen LogP contribution in [0.1, 0.15) is 38.2 Å². The molecule has 0 bridgehead atoms. The van der Waals surface area contributed by atoms with Crippen molar-refractivity contribution in [2.24, 2.45) is 0 Å². The average Bonchev–Trinajstić information content (AvgIpc) is 3.01. The van der Waals surface area contributed by atoms with Crippen LogP contribution in [0.4, 0.5) is 5.69 Å². The summed E-state index contributed by atoms with van der Waals surface area (Å²) in [5.74, 6) is 1.57. The summed E-state index contributed by atoms with van der Waals surface area (Å²) >= 11 is 0. The standard InChI is InChI=1S/C14H21NO/c1-10(2)11-7-12(15(3)4)9-14(8-11)16-13-5-6-13/h7-10,13H,5-6H2,1-4H3. The Labute approximate surface area is 98.2 Å². The summed E-state index contributed by atoms with van der Waals surface area (Å²) in [5, 5.41) is 0. The van der Waals surface area contributed by atoms with E-state index in [4.69, 9.17) is 4.74 Å². The van der Waals surface area contributed by atoms with Gasteiger partial charge in [0.05, 0.1) is 6.10 Å². The molecule has 2 rings (SSSR count). The van der Waals surface area contributed by atoms with Crippen LogP contribution >= 0.6 is 0 Å². The number of anilines is 1. The Morgan fingerprint density at radius 1 is 1.19 bits per heavy atom. The summed E-state index contributed by atoms with van der Waals surface area (Å²) in [6.07, 6.45) is 2.89. The minimum Gasteiger partial charge on any atom is -0.490 e. The molecule has 1 aromatic rings. The molecule has 1 aliphatic carbocycles. The highest BCUT2D eigenvalue weighted by Crippen LogP contribution is 2.32. The van der Waals surface area contributed by atoms with Gasteiger partial charge < -0.3 is 9.64 Å². The molecule has 1 saturated carbocycles. The molecular formula is C14H21NO. The van der Waals surface area contributed by atoms with Crippen molar-refractivity contribution in [3.63, 3.8) is 0 Å². The monoisotopic (exact) mass is 219 g/mol. The van der Waals surface area contributed by atoms with Gasteiger partial charge in [0.2, 0.25) is 0 Å². The maximum Gasteiger partial charge on any atom is 0.122 e. The smallest absolute Gasteiger partial charge is 0.122 e. The number of nitrogens with zero attached hydrogens (tertiary/aromatic N) is 1. The number of hydrogen-bond donors (Lipinski definition) is 0. The molecule has 1 aliphatic rings. The second kappa shape index (κ2) is 4.36. The third-order valence-corrected chi connectivity index (χ3v) is 2.92. The van der Waals surface area contributed by atoms with Crippen molar-refractivity contribution in [3.8, 4) is 5.75 Å². The van der Waals surface area contributed by atoms with E-state index in [1.807, 2.05) is 0 Å². The van der Waals surface area contributed by atoms with Crippen molar-refractivity contribution in [1.29, 1.82) is 0 Å². The predicted octanol–water partition coefficient (Wildman–Crippen LogP) is 3.42. The van der Waals surface area contributed by atoms with Crippen LogP contribution in [-0.2, 0) is 0 Å². The molecule has 2 heteroatoms. The Bertz CT molecular complexity index is 341. The van der Waals surface area contributed by atoms with Gasteiger partial charge in [-0.2, -0.15) is 0 Å². The number of rotatable bonds is 4. The van der Waals surface area contributed by atoms with Crippen LogP contribution in [0.5, 0.6) is 5.75 Å². The second-order valence-electron chi connectivity index (χ2n) is 5.13. The summed E-state index contributed by atoms with van der Waals surface area (Å²) in [7, 11) is 4.14. The van der Waals surface area contributed by atoms with Crippen molar-refractivity contribution < 1.29 is 4.74 Å². The molecule has 2 nitrogen and oxygen atoms in total. The molecule has 16 heavy (non-hydrogen) atoms. The summed E-state index contributed by atoms with van der Waals surface area (Å²) in [5.41, 5.74) is 2.57. The number of hydrogen-bond acceptors (Lipinski definition) is 2. The van der Waals surface area contributed by atoms with Crippen molar-refractivity contribution in [2.45, 2.75) is 38.7 Å². The van der Waals surface area contributed by atoms with Crippen LogP contribution in [0.15, 0.2) is 18.2 Å². The van der Waals surface area contributed by atoms with Crippen molar-refractivity contribution in [2.75, 3.05) is 19.0 Å². The summed E-state index contributed by atoms with van der Waals surface area (Å²) in [4.78, 5) is 2.13. The van der Waals surface area contributed by atoms with Gasteiger partial charge in [0.1, 0.15) is 5.75 Å². The van der Waals surface area contributed by atoms with Crippen LogP contribution in [0, 0.1) is 0 Å². The molecule has 1 aromatic carbocycles. The Kier molecular flexibility index (Phi) is 3.08. The molecule has 0 N–H and O–H groups in total. The lowest BCUT2D eigenvalue weighted by Gasteiger charge is -2.17. The SMILES string of the molecule is CC(C)c1cc(OC2CC2)cc(N(C)C)c1. The fraction of sp³-hybridized carbons (Fsp3) is 0.571. The van der Waals surface area contributed by atoms with E-state index < -0.39 is 0 Å². The first-order chi connectivity index (χ1) is 7.56. The summed E-state index contributed by atoms with van der Waals surface area (Å²) in [6, 6.07) is 6.55. The molecule has 0 saturated heterocycles. The van der Waals surface area contributed by atoms with E-state index >= 15 is 0 Å². The Balaban J connectivity index is 2.27. The molecule has 0 atom stereocenters. The van der Waals surface area contributed by atoms with Gasteiger partial charge in [-0.1, -0.05) is 13.8 Å². The lowest BCUT2D eigenvalue weighted by molar-refractivity contribution is 0.303. The Hall–Kier alpha value is -1.18. The predicted molar refractivity (Wildman–Crippen MR) is 68.5 cm³/mol. The molecule has 0 unspecified atom stereocenters. The molecular weight excluding hydrogens is 198 g/mol. The minimum absolute atomic E-state index is 0.470. The van der Waals surface area contributed by atoms with Crippen LogP contribution in [0.2, 0.25) is 0 Å². The van der Waals surface area contributed by atoms with E-state index in [1.54, 1.807) is 0 Å². The Morgan fingerprint density at radius 2 is 1.88 bits per heavy atom. The van der Waals surface area contributed by atoms with Crippen molar-refractivity contribution in [3.05, 3.63) is 23.8 Å². The second-order valence-corrected chi connectivity index (χ2v) is 5.13. The van der Waals surface area contributed by atoms with Gasteiger partial charge in [-0.05, 0) is 36.5 Å². The fourth-order valence-electron chi connectivity index (χ4n) is 1.64. The van der Waals surface area contributed by atoms with Crippen molar-refractivity contribution in [1.82, 2.24) is 0 Å². The van der Waals surface area contributed by atoms with E-state index in [2.05, 4.69) is 51.0 Å². The number of ether oxygens (including phenoxy) is 1. The van der Waals surface area contributed by atoms with Crippen LogP contribution < -0.4 is 9.64 Å². The average molecular weight is 219 g/mol. The van der Waals surface area contributed by atoms with E-state index in [9.17, 15) is 0 Å².